The van der Waals surface area contributed by atoms with E-state index in [9.17, 15) is 4.79 Å². The van der Waals surface area contributed by atoms with Gasteiger partial charge in [0.15, 0.2) is 5.69 Å². The Hall–Kier alpha value is -3.38. The van der Waals surface area contributed by atoms with Crippen LogP contribution in [0.15, 0.2) is 65.4 Å². The minimum absolute atomic E-state index is 0.120. The van der Waals surface area contributed by atoms with Gasteiger partial charge in [0, 0.05) is 43.8 Å². The first-order chi connectivity index (χ1) is 16.7. The van der Waals surface area contributed by atoms with Gasteiger partial charge in [-0.2, -0.15) is 0 Å². The molecule has 0 unspecified atom stereocenters. The highest BCUT2D eigenvalue weighted by molar-refractivity contribution is 5.91. The van der Waals surface area contributed by atoms with Crippen molar-refractivity contribution in [2.45, 2.75) is 52.6 Å². The first-order valence-electron chi connectivity index (χ1n) is 12.3. The molecule has 0 aliphatic heterocycles. The van der Waals surface area contributed by atoms with Gasteiger partial charge in [-0.15, -0.1) is 0 Å². The van der Waals surface area contributed by atoms with Gasteiger partial charge >= 0.3 is 0 Å². The Morgan fingerprint density at radius 2 is 1.80 bits per heavy atom. The number of fused-ring (bicyclic) bond motifs is 1. The van der Waals surface area contributed by atoms with Gasteiger partial charge in [-0.25, -0.2) is 4.98 Å². The van der Waals surface area contributed by atoms with Crippen molar-refractivity contribution in [2.24, 2.45) is 0 Å². The number of carbonyl (C=O) groups is 1. The zero-order valence-corrected chi connectivity index (χ0v) is 21.5. The largest absolute Gasteiger partial charge is 0.447 e. The smallest absolute Gasteiger partial charge is 0.275 e. The summed E-state index contributed by atoms with van der Waals surface area (Å²) in [5.74, 6) is 0.439. The van der Waals surface area contributed by atoms with Crippen LogP contribution in [0.5, 0.6) is 0 Å². The van der Waals surface area contributed by atoms with E-state index in [4.69, 9.17) is 4.42 Å². The molecule has 0 saturated carbocycles. The van der Waals surface area contributed by atoms with Gasteiger partial charge in [0.05, 0.1) is 6.54 Å². The van der Waals surface area contributed by atoms with Crippen molar-refractivity contribution in [3.63, 3.8) is 0 Å². The van der Waals surface area contributed by atoms with Crippen molar-refractivity contribution in [3.05, 3.63) is 89.3 Å². The number of carbonyl (C=O) groups excluding carboxylic acids is 1. The predicted molar refractivity (Wildman–Crippen MR) is 140 cm³/mol. The summed E-state index contributed by atoms with van der Waals surface area (Å²) in [5, 5.41) is 1.26. The third-order valence-electron chi connectivity index (χ3n) is 6.55. The Morgan fingerprint density at radius 3 is 2.51 bits per heavy atom. The van der Waals surface area contributed by atoms with Gasteiger partial charge in [0.25, 0.3) is 5.91 Å². The number of H-pyrrole nitrogens is 1. The van der Waals surface area contributed by atoms with Crippen LogP contribution in [0.4, 0.5) is 0 Å². The van der Waals surface area contributed by atoms with Crippen LogP contribution in [-0.4, -0.2) is 45.8 Å². The van der Waals surface area contributed by atoms with Crippen molar-refractivity contribution in [1.82, 2.24) is 19.8 Å². The fourth-order valence-electron chi connectivity index (χ4n) is 4.21. The van der Waals surface area contributed by atoms with Crippen molar-refractivity contribution >= 4 is 16.8 Å². The summed E-state index contributed by atoms with van der Waals surface area (Å²) in [4.78, 5) is 24.3. The molecule has 4 aromatic rings. The molecule has 0 spiro atoms. The number of hydrogen-bond donors (Lipinski definition) is 1. The van der Waals surface area contributed by atoms with E-state index in [2.05, 4.69) is 84.3 Å². The molecular formula is C29H36N4O2. The summed E-state index contributed by atoms with van der Waals surface area (Å²) in [6, 6.07) is 17.2. The van der Waals surface area contributed by atoms with Gasteiger partial charge in [-0.05, 0) is 41.5 Å². The second kappa shape index (κ2) is 10.5. The number of amides is 1. The average molecular weight is 473 g/mol. The Balaban J connectivity index is 1.52. The lowest BCUT2D eigenvalue weighted by Gasteiger charge is -2.22. The topological polar surface area (TPSA) is 65.4 Å². The zero-order chi connectivity index (χ0) is 25.0. The number of para-hydroxylation sites is 1. The van der Waals surface area contributed by atoms with Gasteiger partial charge in [0.2, 0.25) is 5.89 Å². The van der Waals surface area contributed by atoms with Crippen molar-refractivity contribution in [1.29, 1.82) is 0 Å². The van der Waals surface area contributed by atoms with E-state index in [-0.39, 0.29) is 11.3 Å². The van der Waals surface area contributed by atoms with Crippen LogP contribution in [0.3, 0.4) is 0 Å². The molecule has 2 aromatic heterocycles. The maximum absolute atomic E-state index is 12.5. The van der Waals surface area contributed by atoms with Crippen LogP contribution in [0.2, 0.25) is 0 Å². The van der Waals surface area contributed by atoms with Crippen molar-refractivity contribution in [2.75, 3.05) is 20.1 Å². The normalized spacial score (nSPS) is 11.9. The number of benzene rings is 2. The number of nitrogens with zero attached hydrogens (tertiary/aromatic N) is 3. The summed E-state index contributed by atoms with van der Waals surface area (Å²) < 4.78 is 5.71. The Bertz CT molecular complexity index is 1260. The first-order valence-corrected chi connectivity index (χ1v) is 12.3. The third-order valence-corrected chi connectivity index (χ3v) is 6.55. The Kier molecular flexibility index (Phi) is 7.41. The fourth-order valence-corrected chi connectivity index (χ4v) is 4.21. The standard InChI is InChI=1S/C29H36N4O2/c1-6-32(5)28(34)26-20-35-27(31-26)19-33(18-21-11-13-23(14-12-21)29(2,3)4)16-15-22-17-30-25-10-8-7-9-24(22)25/h7-14,17,20,30H,6,15-16,18-19H2,1-5H3. The molecule has 6 nitrogen and oxygen atoms in total. The summed E-state index contributed by atoms with van der Waals surface area (Å²) in [6.45, 7) is 11.4. The summed E-state index contributed by atoms with van der Waals surface area (Å²) >= 11 is 0. The van der Waals surface area contributed by atoms with Gasteiger partial charge in [-0.1, -0.05) is 63.2 Å². The van der Waals surface area contributed by atoms with Crippen molar-refractivity contribution < 1.29 is 9.21 Å². The monoisotopic (exact) mass is 472 g/mol. The van der Waals surface area contributed by atoms with Gasteiger partial charge < -0.3 is 14.3 Å². The number of aromatic nitrogens is 2. The highest BCUT2D eigenvalue weighted by Gasteiger charge is 2.18. The lowest BCUT2D eigenvalue weighted by molar-refractivity contribution is 0.0796. The second-order valence-corrected chi connectivity index (χ2v) is 10.2. The van der Waals surface area contributed by atoms with Gasteiger partial charge in [0.1, 0.15) is 6.26 Å². The number of rotatable bonds is 9. The lowest BCUT2D eigenvalue weighted by Crippen LogP contribution is -2.27. The van der Waals surface area contributed by atoms with Crippen LogP contribution in [-0.2, 0) is 24.9 Å². The van der Waals surface area contributed by atoms with E-state index in [0.717, 1.165) is 25.0 Å². The van der Waals surface area contributed by atoms with Crippen LogP contribution in [0.25, 0.3) is 10.9 Å². The van der Waals surface area contributed by atoms with Crippen LogP contribution >= 0.6 is 0 Å². The molecule has 0 bridgehead atoms. The molecule has 0 aliphatic carbocycles. The van der Waals surface area contributed by atoms with E-state index in [0.29, 0.717) is 24.7 Å². The van der Waals surface area contributed by atoms with Gasteiger partial charge in [-0.3, -0.25) is 9.69 Å². The molecule has 1 amide bonds. The molecule has 0 saturated heterocycles. The summed E-state index contributed by atoms with van der Waals surface area (Å²) in [6.07, 6.45) is 4.47. The average Bonchev–Trinajstić information content (AvgIpc) is 3.48. The van der Waals surface area contributed by atoms with Crippen molar-refractivity contribution in [3.8, 4) is 0 Å². The number of aromatic amines is 1. The molecule has 35 heavy (non-hydrogen) atoms. The molecule has 6 heteroatoms. The van der Waals surface area contributed by atoms with Crippen LogP contribution in [0.1, 0.15) is 60.8 Å². The highest BCUT2D eigenvalue weighted by Crippen LogP contribution is 2.23. The highest BCUT2D eigenvalue weighted by atomic mass is 16.3. The molecular weight excluding hydrogens is 436 g/mol. The molecule has 0 radical (unpaired) electrons. The maximum Gasteiger partial charge on any atom is 0.275 e. The fraction of sp³-hybridized carbons (Fsp3) is 0.379. The summed E-state index contributed by atoms with van der Waals surface area (Å²) in [7, 11) is 1.77. The third kappa shape index (κ3) is 6.01. The molecule has 4 rings (SSSR count). The van der Waals surface area contributed by atoms with E-state index in [1.165, 1.54) is 28.3 Å². The Labute approximate surface area is 208 Å². The zero-order valence-electron chi connectivity index (χ0n) is 21.5. The molecule has 0 aliphatic rings. The minimum Gasteiger partial charge on any atom is -0.447 e. The molecule has 184 valence electrons. The lowest BCUT2D eigenvalue weighted by atomic mass is 9.87. The predicted octanol–water partition coefficient (Wildman–Crippen LogP) is 5.79. The van der Waals surface area contributed by atoms with Crippen LogP contribution < -0.4 is 0 Å². The molecule has 2 heterocycles. The summed E-state index contributed by atoms with van der Waals surface area (Å²) in [5.41, 5.74) is 5.49. The molecule has 1 N–H and O–H groups in total. The molecule has 2 aromatic carbocycles. The SMILES string of the molecule is CCN(C)C(=O)c1coc(CN(CCc2c[nH]c3ccccc23)Cc2ccc(C(C)(C)C)cc2)n1. The van der Waals surface area contributed by atoms with E-state index in [1.54, 1.807) is 11.9 Å². The second-order valence-electron chi connectivity index (χ2n) is 10.2. The van der Waals surface area contributed by atoms with E-state index in [1.807, 2.05) is 13.0 Å². The number of oxazole rings is 1. The van der Waals surface area contributed by atoms with E-state index >= 15 is 0 Å². The Morgan fingerprint density at radius 1 is 1.06 bits per heavy atom. The quantitative estimate of drug-likeness (QED) is 0.335. The number of hydrogen-bond acceptors (Lipinski definition) is 4. The minimum atomic E-state index is -0.120. The molecule has 0 atom stereocenters. The number of nitrogens with one attached hydrogen (secondary N) is 1. The molecule has 0 fully saturated rings. The first kappa shape index (κ1) is 24.7. The maximum atomic E-state index is 12.5. The van der Waals surface area contributed by atoms with E-state index < -0.39 is 0 Å². The van der Waals surface area contributed by atoms with Crippen LogP contribution in [0, 0.1) is 0 Å².